The number of hydrogen-bond donors (Lipinski definition) is 0. The topological polar surface area (TPSA) is 83.8 Å². The second kappa shape index (κ2) is 5.77. The Hall–Kier alpha value is -2.31. The molecule has 1 rings (SSSR count). The van der Waals surface area contributed by atoms with Crippen LogP contribution in [0.3, 0.4) is 0 Å². The molecule has 0 aliphatic heterocycles. The van der Waals surface area contributed by atoms with E-state index in [0.717, 1.165) is 4.57 Å². The van der Waals surface area contributed by atoms with Crippen molar-refractivity contribution in [3.05, 3.63) is 23.5 Å². The summed E-state index contributed by atoms with van der Waals surface area (Å²) >= 11 is 0. The molecular formula is C13H17NO6. The molecule has 7 nitrogen and oxygen atoms in total. The van der Waals surface area contributed by atoms with E-state index in [-0.39, 0.29) is 11.1 Å². The van der Waals surface area contributed by atoms with Gasteiger partial charge in [0, 0.05) is 12.4 Å². The number of nitrogens with zero attached hydrogens (tertiary/aromatic N) is 1. The van der Waals surface area contributed by atoms with Gasteiger partial charge in [-0.25, -0.2) is 14.4 Å². The largest absolute Gasteiger partial charge is 0.465 e. The van der Waals surface area contributed by atoms with Crippen molar-refractivity contribution >= 4 is 18.0 Å². The first-order valence-corrected chi connectivity index (χ1v) is 5.81. The summed E-state index contributed by atoms with van der Waals surface area (Å²) in [5.74, 6) is -1.49. The zero-order chi connectivity index (χ0) is 15.5. The molecular weight excluding hydrogens is 266 g/mol. The van der Waals surface area contributed by atoms with Gasteiger partial charge in [0.05, 0.1) is 25.3 Å². The molecule has 1 aromatic heterocycles. The van der Waals surface area contributed by atoms with Gasteiger partial charge in [0.2, 0.25) is 0 Å². The van der Waals surface area contributed by atoms with E-state index in [4.69, 9.17) is 4.74 Å². The molecule has 0 saturated carbocycles. The molecule has 0 amide bonds. The Morgan fingerprint density at radius 3 is 1.65 bits per heavy atom. The van der Waals surface area contributed by atoms with Crippen LogP contribution >= 0.6 is 0 Å². The first kappa shape index (κ1) is 15.7. The SMILES string of the molecule is COC(=O)c1cn(C(=O)OC(C)(C)C)cc1C(=O)OC. The van der Waals surface area contributed by atoms with Gasteiger partial charge in [-0.3, -0.25) is 4.57 Å². The molecule has 0 aromatic carbocycles. The fourth-order valence-corrected chi connectivity index (χ4v) is 1.42. The molecule has 0 saturated heterocycles. The number of rotatable bonds is 2. The Kier molecular flexibility index (Phi) is 4.54. The molecule has 0 bridgehead atoms. The van der Waals surface area contributed by atoms with Crippen molar-refractivity contribution in [3.8, 4) is 0 Å². The van der Waals surface area contributed by atoms with Gasteiger partial charge in [-0.1, -0.05) is 0 Å². The lowest BCUT2D eigenvalue weighted by Gasteiger charge is -2.19. The maximum absolute atomic E-state index is 11.9. The Balaban J connectivity index is 3.18. The average Bonchev–Trinajstić information content (AvgIpc) is 2.80. The number of hydrogen-bond acceptors (Lipinski definition) is 6. The number of ether oxygens (including phenoxy) is 3. The third kappa shape index (κ3) is 3.59. The van der Waals surface area contributed by atoms with Crippen LogP contribution in [0.25, 0.3) is 0 Å². The average molecular weight is 283 g/mol. The van der Waals surface area contributed by atoms with E-state index in [1.165, 1.54) is 26.6 Å². The van der Waals surface area contributed by atoms with Gasteiger partial charge in [-0.2, -0.15) is 0 Å². The van der Waals surface area contributed by atoms with Crippen LogP contribution in [0, 0.1) is 0 Å². The molecule has 110 valence electrons. The standard InChI is InChI=1S/C13H17NO6/c1-13(2,3)20-12(17)14-6-8(10(15)18-4)9(7-14)11(16)19-5/h6-7H,1-5H3. The molecule has 20 heavy (non-hydrogen) atoms. The highest BCUT2D eigenvalue weighted by atomic mass is 16.6. The molecule has 0 aliphatic carbocycles. The summed E-state index contributed by atoms with van der Waals surface area (Å²) in [4.78, 5) is 35.0. The Morgan fingerprint density at radius 1 is 0.950 bits per heavy atom. The maximum atomic E-state index is 11.9. The number of aromatic nitrogens is 1. The second-order valence-corrected chi connectivity index (χ2v) is 4.96. The summed E-state index contributed by atoms with van der Waals surface area (Å²) in [7, 11) is 2.35. The van der Waals surface area contributed by atoms with Crippen LogP contribution in [0.1, 0.15) is 41.5 Å². The van der Waals surface area contributed by atoms with Gasteiger partial charge >= 0.3 is 18.0 Å². The van der Waals surface area contributed by atoms with E-state index in [9.17, 15) is 14.4 Å². The van der Waals surface area contributed by atoms with Gasteiger partial charge in [0.15, 0.2) is 0 Å². The summed E-state index contributed by atoms with van der Waals surface area (Å²) in [6.45, 7) is 5.12. The van der Waals surface area contributed by atoms with E-state index in [2.05, 4.69) is 9.47 Å². The predicted octanol–water partition coefficient (Wildman–Crippen LogP) is 1.84. The fourth-order valence-electron chi connectivity index (χ4n) is 1.42. The Morgan fingerprint density at radius 2 is 1.35 bits per heavy atom. The molecule has 0 spiro atoms. The zero-order valence-corrected chi connectivity index (χ0v) is 12.1. The van der Waals surface area contributed by atoms with E-state index in [0.29, 0.717) is 0 Å². The van der Waals surface area contributed by atoms with Crippen LogP contribution in [0.15, 0.2) is 12.4 Å². The van der Waals surface area contributed by atoms with Crippen LogP contribution < -0.4 is 0 Å². The summed E-state index contributed by atoms with van der Waals surface area (Å²) < 4.78 is 15.2. The van der Waals surface area contributed by atoms with Crippen molar-refractivity contribution in [2.24, 2.45) is 0 Å². The van der Waals surface area contributed by atoms with Gasteiger partial charge < -0.3 is 14.2 Å². The van der Waals surface area contributed by atoms with Crippen molar-refractivity contribution in [2.45, 2.75) is 26.4 Å². The quantitative estimate of drug-likeness (QED) is 0.608. The lowest BCUT2D eigenvalue weighted by Crippen LogP contribution is -2.26. The van der Waals surface area contributed by atoms with Crippen molar-refractivity contribution in [3.63, 3.8) is 0 Å². The number of esters is 2. The lowest BCUT2D eigenvalue weighted by atomic mass is 10.2. The van der Waals surface area contributed by atoms with Gasteiger partial charge in [0.25, 0.3) is 0 Å². The molecule has 1 aromatic rings. The van der Waals surface area contributed by atoms with Crippen LogP contribution in [0.2, 0.25) is 0 Å². The van der Waals surface area contributed by atoms with Gasteiger partial charge in [-0.05, 0) is 20.8 Å². The number of carbonyl (C=O) groups excluding carboxylic acids is 3. The third-order valence-corrected chi connectivity index (χ3v) is 2.24. The fraction of sp³-hybridized carbons (Fsp3) is 0.462. The lowest BCUT2D eigenvalue weighted by molar-refractivity contribution is 0.0537. The van der Waals surface area contributed by atoms with Crippen molar-refractivity contribution in [1.82, 2.24) is 4.57 Å². The predicted molar refractivity (Wildman–Crippen MR) is 68.7 cm³/mol. The van der Waals surface area contributed by atoms with Crippen molar-refractivity contribution in [1.29, 1.82) is 0 Å². The highest BCUT2D eigenvalue weighted by molar-refractivity contribution is 6.03. The molecule has 0 radical (unpaired) electrons. The molecule has 7 heteroatoms. The monoisotopic (exact) mass is 283 g/mol. The highest BCUT2D eigenvalue weighted by Crippen LogP contribution is 2.16. The Bertz CT molecular complexity index is 504. The molecule has 0 N–H and O–H groups in total. The number of methoxy groups -OCH3 is 2. The maximum Gasteiger partial charge on any atom is 0.418 e. The minimum Gasteiger partial charge on any atom is -0.465 e. The van der Waals surface area contributed by atoms with E-state index in [1.807, 2.05) is 0 Å². The van der Waals surface area contributed by atoms with Crippen molar-refractivity contribution < 1.29 is 28.6 Å². The zero-order valence-electron chi connectivity index (χ0n) is 12.1. The second-order valence-electron chi connectivity index (χ2n) is 4.96. The van der Waals surface area contributed by atoms with Crippen molar-refractivity contribution in [2.75, 3.05) is 14.2 Å². The van der Waals surface area contributed by atoms with E-state index in [1.54, 1.807) is 20.8 Å². The first-order valence-electron chi connectivity index (χ1n) is 5.81. The smallest absolute Gasteiger partial charge is 0.418 e. The minimum atomic E-state index is -0.743. The molecule has 1 heterocycles. The van der Waals surface area contributed by atoms with Gasteiger partial charge in [0.1, 0.15) is 5.60 Å². The summed E-state index contributed by atoms with van der Waals surface area (Å²) in [6.07, 6.45) is 1.64. The van der Waals surface area contributed by atoms with E-state index >= 15 is 0 Å². The minimum absolute atomic E-state index is 0.0646. The third-order valence-electron chi connectivity index (χ3n) is 2.24. The Labute approximate surface area is 116 Å². The van der Waals surface area contributed by atoms with Crippen LogP contribution in [0.4, 0.5) is 4.79 Å². The number of carbonyl (C=O) groups is 3. The normalized spacial score (nSPS) is 10.8. The highest BCUT2D eigenvalue weighted by Gasteiger charge is 2.25. The molecule has 0 atom stereocenters. The van der Waals surface area contributed by atoms with Crippen LogP contribution in [0.5, 0.6) is 0 Å². The van der Waals surface area contributed by atoms with Crippen LogP contribution in [-0.4, -0.2) is 42.4 Å². The van der Waals surface area contributed by atoms with Crippen LogP contribution in [-0.2, 0) is 14.2 Å². The molecule has 0 fully saturated rings. The summed E-state index contributed by atoms with van der Waals surface area (Å²) in [5, 5.41) is 0. The summed E-state index contributed by atoms with van der Waals surface area (Å²) in [5.41, 5.74) is -0.825. The first-order chi connectivity index (χ1) is 9.19. The van der Waals surface area contributed by atoms with E-state index < -0.39 is 23.6 Å². The van der Waals surface area contributed by atoms with Gasteiger partial charge in [-0.15, -0.1) is 0 Å². The summed E-state index contributed by atoms with van der Waals surface area (Å²) in [6, 6.07) is 0. The molecule has 0 unspecified atom stereocenters. The molecule has 0 aliphatic rings.